The smallest absolute Gasteiger partial charge is 0.223 e. The number of carbonyl (C=O) groups excluding carboxylic acids is 1. The van der Waals surface area contributed by atoms with Crippen LogP contribution in [-0.2, 0) is 17.9 Å². The second kappa shape index (κ2) is 8.32. The first-order valence-electron chi connectivity index (χ1n) is 7.21. The third-order valence-electron chi connectivity index (χ3n) is 3.46. The van der Waals surface area contributed by atoms with Crippen LogP contribution in [0.25, 0.3) is 0 Å². The SMILES string of the molecule is CC(CN)CCC(=O)N(Cc1cccs1)Cc1cccs1. The number of amides is 1. The van der Waals surface area contributed by atoms with Crippen molar-refractivity contribution in [3.63, 3.8) is 0 Å². The van der Waals surface area contributed by atoms with E-state index in [1.807, 2.05) is 17.0 Å². The average Bonchev–Trinajstić information content (AvgIpc) is 3.17. The maximum Gasteiger partial charge on any atom is 0.223 e. The van der Waals surface area contributed by atoms with Gasteiger partial charge in [0, 0.05) is 16.2 Å². The van der Waals surface area contributed by atoms with Crippen molar-refractivity contribution in [3.05, 3.63) is 44.8 Å². The molecular formula is C16H22N2OS2. The highest BCUT2D eigenvalue weighted by atomic mass is 32.1. The fourth-order valence-electron chi connectivity index (χ4n) is 2.06. The molecule has 0 aliphatic carbocycles. The van der Waals surface area contributed by atoms with E-state index in [0.717, 1.165) is 6.42 Å². The van der Waals surface area contributed by atoms with Gasteiger partial charge in [-0.3, -0.25) is 4.79 Å². The van der Waals surface area contributed by atoms with E-state index in [2.05, 4.69) is 29.8 Å². The lowest BCUT2D eigenvalue weighted by atomic mass is 10.1. The van der Waals surface area contributed by atoms with Gasteiger partial charge in [-0.05, 0) is 41.8 Å². The van der Waals surface area contributed by atoms with Crippen molar-refractivity contribution in [1.29, 1.82) is 0 Å². The summed E-state index contributed by atoms with van der Waals surface area (Å²) in [6.07, 6.45) is 1.44. The van der Waals surface area contributed by atoms with Gasteiger partial charge in [0.25, 0.3) is 0 Å². The second-order valence-electron chi connectivity index (χ2n) is 5.29. The number of carbonyl (C=O) groups is 1. The molecule has 2 aromatic rings. The molecule has 5 heteroatoms. The minimum atomic E-state index is 0.220. The van der Waals surface area contributed by atoms with E-state index < -0.39 is 0 Å². The molecule has 0 radical (unpaired) electrons. The number of thiophene rings is 2. The summed E-state index contributed by atoms with van der Waals surface area (Å²) in [5.74, 6) is 0.622. The Hall–Kier alpha value is -1.17. The standard InChI is InChI=1S/C16H22N2OS2/c1-13(10-17)6-7-16(19)18(11-14-4-2-8-20-14)12-15-5-3-9-21-15/h2-5,8-9,13H,6-7,10-12,17H2,1H3. The Morgan fingerprint density at radius 2 is 1.76 bits per heavy atom. The van der Waals surface area contributed by atoms with Crippen molar-refractivity contribution in [2.75, 3.05) is 6.54 Å². The van der Waals surface area contributed by atoms with Crippen molar-refractivity contribution in [2.45, 2.75) is 32.9 Å². The summed E-state index contributed by atoms with van der Waals surface area (Å²) in [4.78, 5) is 16.9. The number of nitrogens with zero attached hydrogens (tertiary/aromatic N) is 1. The minimum Gasteiger partial charge on any atom is -0.332 e. The van der Waals surface area contributed by atoms with Gasteiger partial charge in [-0.25, -0.2) is 0 Å². The molecule has 3 nitrogen and oxygen atoms in total. The fraction of sp³-hybridized carbons (Fsp3) is 0.438. The Morgan fingerprint density at radius 3 is 2.19 bits per heavy atom. The van der Waals surface area contributed by atoms with Gasteiger partial charge in [-0.1, -0.05) is 19.1 Å². The molecule has 0 aliphatic heterocycles. The zero-order valence-electron chi connectivity index (χ0n) is 12.3. The van der Waals surface area contributed by atoms with Crippen LogP contribution in [0.15, 0.2) is 35.0 Å². The molecule has 21 heavy (non-hydrogen) atoms. The van der Waals surface area contributed by atoms with Crippen molar-refractivity contribution in [3.8, 4) is 0 Å². The lowest BCUT2D eigenvalue weighted by molar-refractivity contribution is -0.132. The normalized spacial score (nSPS) is 12.3. The van der Waals surface area contributed by atoms with Gasteiger partial charge in [0.15, 0.2) is 0 Å². The van der Waals surface area contributed by atoms with Gasteiger partial charge >= 0.3 is 0 Å². The molecule has 0 saturated carbocycles. The Balaban J connectivity index is 1.98. The van der Waals surface area contributed by atoms with E-state index in [1.54, 1.807) is 22.7 Å². The topological polar surface area (TPSA) is 46.3 Å². The van der Waals surface area contributed by atoms with E-state index >= 15 is 0 Å². The van der Waals surface area contributed by atoms with Crippen LogP contribution in [0.5, 0.6) is 0 Å². The first-order valence-corrected chi connectivity index (χ1v) is 8.97. The quantitative estimate of drug-likeness (QED) is 0.805. The summed E-state index contributed by atoms with van der Waals surface area (Å²) < 4.78 is 0. The highest BCUT2D eigenvalue weighted by Gasteiger charge is 2.16. The Labute approximate surface area is 134 Å². The van der Waals surface area contributed by atoms with Gasteiger partial charge in [0.05, 0.1) is 13.1 Å². The van der Waals surface area contributed by atoms with Crippen molar-refractivity contribution >= 4 is 28.6 Å². The van der Waals surface area contributed by atoms with Crippen LogP contribution in [0.3, 0.4) is 0 Å². The van der Waals surface area contributed by atoms with Crippen molar-refractivity contribution < 1.29 is 4.79 Å². The molecule has 1 amide bonds. The van der Waals surface area contributed by atoms with Gasteiger partial charge in [0.2, 0.25) is 5.91 Å². The number of rotatable bonds is 8. The molecule has 0 spiro atoms. The zero-order chi connectivity index (χ0) is 15.1. The average molecular weight is 322 g/mol. The monoisotopic (exact) mass is 322 g/mol. The number of hydrogen-bond donors (Lipinski definition) is 1. The van der Waals surface area contributed by atoms with Crippen LogP contribution in [0.2, 0.25) is 0 Å². The van der Waals surface area contributed by atoms with E-state index in [4.69, 9.17) is 5.73 Å². The zero-order valence-corrected chi connectivity index (χ0v) is 14.0. The summed E-state index contributed by atoms with van der Waals surface area (Å²) in [6.45, 7) is 4.14. The van der Waals surface area contributed by atoms with E-state index in [0.29, 0.717) is 32.0 Å². The molecule has 1 unspecified atom stereocenters. The minimum absolute atomic E-state index is 0.220. The van der Waals surface area contributed by atoms with Crippen molar-refractivity contribution in [2.24, 2.45) is 11.7 Å². The van der Waals surface area contributed by atoms with Gasteiger partial charge < -0.3 is 10.6 Å². The molecule has 0 saturated heterocycles. The highest BCUT2D eigenvalue weighted by Crippen LogP contribution is 2.19. The first-order chi connectivity index (χ1) is 10.2. The van der Waals surface area contributed by atoms with Crippen LogP contribution in [0, 0.1) is 5.92 Å². The number of nitrogens with two attached hydrogens (primary N) is 1. The molecule has 114 valence electrons. The summed E-state index contributed by atoms with van der Waals surface area (Å²) in [6, 6.07) is 8.23. The predicted molar refractivity (Wildman–Crippen MR) is 90.3 cm³/mol. The predicted octanol–water partition coefficient (Wildman–Crippen LogP) is 3.71. The van der Waals surface area contributed by atoms with Gasteiger partial charge in [-0.15, -0.1) is 22.7 Å². The molecule has 1 atom stereocenters. The Morgan fingerprint density at radius 1 is 1.19 bits per heavy atom. The van der Waals surface area contributed by atoms with Crippen LogP contribution in [-0.4, -0.2) is 17.4 Å². The molecule has 2 aromatic heterocycles. The first kappa shape index (κ1) is 16.2. The Kier molecular flexibility index (Phi) is 6.42. The van der Waals surface area contributed by atoms with Crippen LogP contribution in [0.1, 0.15) is 29.5 Å². The van der Waals surface area contributed by atoms with E-state index in [1.165, 1.54) is 9.75 Å². The third kappa shape index (κ3) is 5.26. The molecule has 2 N–H and O–H groups in total. The molecular weight excluding hydrogens is 300 g/mol. The molecule has 0 fully saturated rings. The fourth-order valence-corrected chi connectivity index (χ4v) is 3.50. The van der Waals surface area contributed by atoms with Crippen LogP contribution >= 0.6 is 22.7 Å². The third-order valence-corrected chi connectivity index (χ3v) is 5.18. The highest BCUT2D eigenvalue weighted by molar-refractivity contribution is 7.10. The second-order valence-corrected chi connectivity index (χ2v) is 7.35. The van der Waals surface area contributed by atoms with Crippen LogP contribution < -0.4 is 5.73 Å². The largest absolute Gasteiger partial charge is 0.332 e. The summed E-state index contributed by atoms with van der Waals surface area (Å²) in [5.41, 5.74) is 5.63. The lowest BCUT2D eigenvalue weighted by Gasteiger charge is -2.22. The maximum absolute atomic E-state index is 12.5. The molecule has 0 bridgehead atoms. The van der Waals surface area contributed by atoms with Gasteiger partial charge in [0.1, 0.15) is 0 Å². The van der Waals surface area contributed by atoms with E-state index in [9.17, 15) is 4.79 Å². The summed E-state index contributed by atoms with van der Waals surface area (Å²) >= 11 is 3.40. The molecule has 2 rings (SSSR count). The molecule has 0 aliphatic rings. The molecule has 0 aromatic carbocycles. The summed E-state index contributed by atoms with van der Waals surface area (Å²) in [5, 5.41) is 4.11. The van der Waals surface area contributed by atoms with Gasteiger partial charge in [-0.2, -0.15) is 0 Å². The molecule has 2 heterocycles. The summed E-state index contributed by atoms with van der Waals surface area (Å²) in [7, 11) is 0. The van der Waals surface area contributed by atoms with E-state index in [-0.39, 0.29) is 5.91 Å². The maximum atomic E-state index is 12.5. The Bertz CT molecular complexity index is 486. The van der Waals surface area contributed by atoms with Crippen LogP contribution in [0.4, 0.5) is 0 Å². The lowest BCUT2D eigenvalue weighted by Crippen LogP contribution is -2.30. The number of hydrogen-bond acceptors (Lipinski definition) is 4. The van der Waals surface area contributed by atoms with Crippen molar-refractivity contribution in [1.82, 2.24) is 4.90 Å².